The van der Waals surface area contributed by atoms with Gasteiger partial charge in [-0.25, -0.2) is 0 Å². The Morgan fingerprint density at radius 1 is 0.914 bits per heavy atom. The summed E-state index contributed by atoms with van der Waals surface area (Å²) in [6.07, 6.45) is 11.4. The number of thioether (sulfide) groups is 1. The summed E-state index contributed by atoms with van der Waals surface area (Å²) in [6, 6.07) is 4.29. The predicted molar refractivity (Wildman–Crippen MR) is 132 cm³/mol. The Labute approximate surface area is 210 Å². The van der Waals surface area contributed by atoms with Gasteiger partial charge in [-0.15, -0.1) is 11.8 Å². The van der Waals surface area contributed by atoms with Crippen molar-refractivity contribution in [1.29, 1.82) is 0 Å². The number of aliphatic carboxylic acids is 1. The fraction of sp³-hybridized carbons (Fsp3) is 0.577. The quantitative estimate of drug-likeness (QED) is 0.205. The Morgan fingerprint density at radius 3 is 2.17 bits per heavy atom. The molecule has 4 amide bonds. The largest absolute Gasteiger partial charge is 0.481 e. The standard InChI is InChI=1S/C26H34N2O6S/c29-21-16-15-19(24(32)27-21)28-25(33)18-12-11-13-20(23(18)26(28)34)35-17-10-8-6-4-2-1-3-5-7-9-14-22(30)31/h11-13,19H,1-10,14-17H2,(H,30,31)(H,27,29,32). The first kappa shape index (κ1) is 26.9. The van der Waals surface area contributed by atoms with Crippen LogP contribution in [0.25, 0.3) is 0 Å². The van der Waals surface area contributed by atoms with Crippen molar-refractivity contribution < 1.29 is 29.1 Å². The number of piperidine rings is 1. The predicted octanol–water partition coefficient (Wildman–Crippen LogP) is 4.56. The Morgan fingerprint density at radius 2 is 1.54 bits per heavy atom. The average Bonchev–Trinajstić information content (AvgIpc) is 3.07. The molecule has 1 fully saturated rings. The van der Waals surface area contributed by atoms with Crippen LogP contribution in [0.5, 0.6) is 0 Å². The highest BCUT2D eigenvalue weighted by atomic mass is 32.2. The first-order chi connectivity index (χ1) is 16.9. The van der Waals surface area contributed by atoms with Crippen molar-refractivity contribution in [3.63, 3.8) is 0 Å². The zero-order valence-corrected chi connectivity index (χ0v) is 20.9. The van der Waals surface area contributed by atoms with Crippen LogP contribution in [0.4, 0.5) is 0 Å². The van der Waals surface area contributed by atoms with Gasteiger partial charge in [-0.3, -0.25) is 34.2 Å². The summed E-state index contributed by atoms with van der Waals surface area (Å²) in [5.74, 6) is -1.77. The molecule has 1 atom stereocenters. The van der Waals surface area contributed by atoms with Gasteiger partial charge in [0.25, 0.3) is 11.8 Å². The van der Waals surface area contributed by atoms with E-state index in [9.17, 15) is 24.0 Å². The van der Waals surface area contributed by atoms with Crippen molar-refractivity contribution in [1.82, 2.24) is 10.2 Å². The molecule has 1 aromatic rings. The Balaban J connectivity index is 1.36. The van der Waals surface area contributed by atoms with Crippen molar-refractivity contribution >= 4 is 41.4 Å². The molecule has 35 heavy (non-hydrogen) atoms. The van der Waals surface area contributed by atoms with E-state index in [0.717, 1.165) is 60.5 Å². The zero-order chi connectivity index (χ0) is 25.2. The maximum absolute atomic E-state index is 13.1. The van der Waals surface area contributed by atoms with Crippen LogP contribution >= 0.6 is 11.8 Å². The number of imide groups is 2. The fourth-order valence-corrected chi connectivity index (χ4v) is 5.66. The number of carboxylic acids is 1. The zero-order valence-electron chi connectivity index (χ0n) is 20.1. The molecule has 2 aliphatic rings. The van der Waals surface area contributed by atoms with E-state index < -0.39 is 29.7 Å². The van der Waals surface area contributed by atoms with E-state index in [4.69, 9.17) is 5.11 Å². The fourth-order valence-electron chi connectivity index (χ4n) is 4.58. The van der Waals surface area contributed by atoms with Gasteiger partial charge >= 0.3 is 5.97 Å². The molecular weight excluding hydrogens is 468 g/mol. The Kier molecular flexibility index (Phi) is 10.3. The van der Waals surface area contributed by atoms with E-state index in [0.29, 0.717) is 11.1 Å². The molecule has 0 aliphatic carbocycles. The van der Waals surface area contributed by atoms with Crippen molar-refractivity contribution in [2.75, 3.05) is 5.75 Å². The minimum Gasteiger partial charge on any atom is -0.481 e. The minimum atomic E-state index is -0.942. The summed E-state index contributed by atoms with van der Waals surface area (Å²) in [6.45, 7) is 0. The van der Waals surface area contributed by atoms with Crippen LogP contribution in [-0.4, -0.2) is 51.4 Å². The summed E-state index contributed by atoms with van der Waals surface area (Å²) in [5.41, 5.74) is 0.697. The molecule has 0 saturated carbocycles. The van der Waals surface area contributed by atoms with Gasteiger partial charge in [-0.05, 0) is 37.1 Å². The number of rotatable bonds is 15. The van der Waals surface area contributed by atoms with Crippen molar-refractivity contribution in [3.05, 3.63) is 29.3 Å². The minimum absolute atomic E-state index is 0.109. The van der Waals surface area contributed by atoms with E-state index in [1.807, 2.05) is 6.07 Å². The van der Waals surface area contributed by atoms with Gasteiger partial charge in [0.2, 0.25) is 11.8 Å². The molecular formula is C26H34N2O6S. The maximum Gasteiger partial charge on any atom is 0.303 e. The molecule has 0 radical (unpaired) electrons. The van der Waals surface area contributed by atoms with Crippen molar-refractivity contribution in [2.24, 2.45) is 0 Å². The third-order valence-electron chi connectivity index (χ3n) is 6.47. The molecule has 9 heteroatoms. The van der Waals surface area contributed by atoms with Crippen molar-refractivity contribution in [3.8, 4) is 0 Å². The molecule has 2 N–H and O–H groups in total. The van der Waals surface area contributed by atoms with Crippen LogP contribution in [0.1, 0.15) is 104 Å². The van der Waals surface area contributed by atoms with E-state index in [1.54, 1.807) is 23.9 Å². The number of nitrogens with one attached hydrogen (secondary N) is 1. The SMILES string of the molecule is O=C(O)CCCCCCCCCCCCSc1cccc2c1C(=O)N(C1CCC(=O)NC1=O)C2=O. The number of hydrogen-bond acceptors (Lipinski definition) is 6. The second-order valence-corrected chi connectivity index (χ2v) is 10.3. The highest BCUT2D eigenvalue weighted by Crippen LogP contribution is 2.34. The molecule has 1 saturated heterocycles. The molecule has 1 aromatic carbocycles. The van der Waals surface area contributed by atoms with Crippen LogP contribution in [0, 0.1) is 0 Å². The van der Waals surface area contributed by atoms with Gasteiger partial charge in [-0.2, -0.15) is 0 Å². The van der Waals surface area contributed by atoms with E-state index >= 15 is 0 Å². The number of amides is 4. The van der Waals surface area contributed by atoms with Crippen LogP contribution in [0.15, 0.2) is 23.1 Å². The van der Waals surface area contributed by atoms with Gasteiger partial charge < -0.3 is 5.11 Å². The number of benzene rings is 1. The third-order valence-corrected chi connectivity index (χ3v) is 7.62. The van der Waals surface area contributed by atoms with Gasteiger partial charge in [0.1, 0.15) is 6.04 Å². The summed E-state index contributed by atoms with van der Waals surface area (Å²) < 4.78 is 0. The van der Waals surface area contributed by atoms with Gasteiger partial charge in [0, 0.05) is 17.7 Å². The van der Waals surface area contributed by atoms with Crippen LogP contribution in [0.3, 0.4) is 0 Å². The number of carbonyl (C=O) groups is 5. The lowest BCUT2D eigenvalue weighted by Crippen LogP contribution is -2.54. The molecule has 8 nitrogen and oxygen atoms in total. The lowest BCUT2D eigenvalue weighted by molar-refractivity contribution is -0.138. The second kappa shape index (κ2) is 13.4. The highest BCUT2D eigenvalue weighted by molar-refractivity contribution is 7.99. The topological polar surface area (TPSA) is 121 Å². The molecule has 190 valence electrons. The maximum atomic E-state index is 13.1. The van der Waals surface area contributed by atoms with Crippen LogP contribution < -0.4 is 5.32 Å². The summed E-state index contributed by atoms with van der Waals surface area (Å²) >= 11 is 1.57. The number of unbranched alkanes of at least 4 members (excludes halogenated alkanes) is 9. The van der Waals surface area contributed by atoms with Gasteiger partial charge in [-0.1, -0.05) is 57.4 Å². The lowest BCUT2D eigenvalue weighted by atomic mass is 10.0. The lowest BCUT2D eigenvalue weighted by Gasteiger charge is -2.27. The molecule has 0 aromatic heterocycles. The number of carbonyl (C=O) groups excluding carboxylic acids is 4. The number of nitrogens with zero attached hydrogens (tertiary/aromatic N) is 1. The van der Waals surface area contributed by atoms with E-state index in [2.05, 4.69) is 5.32 Å². The molecule has 0 spiro atoms. The first-order valence-electron chi connectivity index (χ1n) is 12.6. The Hall–Kier alpha value is -2.68. The first-order valence-corrected chi connectivity index (χ1v) is 13.6. The van der Waals surface area contributed by atoms with Crippen LogP contribution in [-0.2, 0) is 14.4 Å². The number of fused-ring (bicyclic) bond motifs is 1. The third kappa shape index (κ3) is 7.40. The number of hydrogen-bond donors (Lipinski definition) is 2. The normalized spacial score (nSPS) is 17.6. The second-order valence-electron chi connectivity index (χ2n) is 9.15. The Bertz CT molecular complexity index is 963. The van der Waals surface area contributed by atoms with Gasteiger partial charge in [0.15, 0.2) is 0 Å². The molecule has 0 bridgehead atoms. The molecule has 1 unspecified atom stereocenters. The monoisotopic (exact) mass is 502 g/mol. The summed E-state index contributed by atoms with van der Waals surface area (Å²) in [5, 5.41) is 10.8. The molecule has 2 heterocycles. The van der Waals surface area contributed by atoms with E-state index in [-0.39, 0.29) is 25.2 Å². The highest BCUT2D eigenvalue weighted by Gasteiger charge is 2.45. The summed E-state index contributed by atoms with van der Waals surface area (Å²) in [7, 11) is 0. The smallest absolute Gasteiger partial charge is 0.303 e. The van der Waals surface area contributed by atoms with Gasteiger partial charge in [0.05, 0.1) is 11.1 Å². The van der Waals surface area contributed by atoms with Crippen LogP contribution in [0.2, 0.25) is 0 Å². The molecule has 2 aliphatic heterocycles. The number of carboxylic acid groups (broad SMARTS) is 1. The summed E-state index contributed by atoms with van der Waals surface area (Å²) in [4.78, 5) is 61.9. The average molecular weight is 503 g/mol. The van der Waals surface area contributed by atoms with E-state index in [1.165, 1.54) is 19.3 Å². The van der Waals surface area contributed by atoms with Crippen molar-refractivity contribution in [2.45, 2.75) is 94.4 Å². The molecule has 3 rings (SSSR count).